The number of urea groups is 1. The Labute approximate surface area is 134 Å². The van der Waals surface area contributed by atoms with Crippen molar-refractivity contribution < 1.29 is 9.90 Å². The second-order valence-electron chi connectivity index (χ2n) is 4.93. The molecule has 0 aliphatic carbocycles. The van der Waals surface area contributed by atoms with Crippen molar-refractivity contribution in [3.8, 4) is 0 Å². The molecule has 1 unspecified atom stereocenters. The van der Waals surface area contributed by atoms with Crippen molar-refractivity contribution in [1.29, 1.82) is 0 Å². The minimum atomic E-state index is -0.732. The van der Waals surface area contributed by atoms with E-state index in [0.29, 0.717) is 11.7 Å². The van der Waals surface area contributed by atoms with Crippen molar-refractivity contribution in [1.82, 2.24) is 15.6 Å². The minimum absolute atomic E-state index is 0.148. The van der Waals surface area contributed by atoms with Gasteiger partial charge in [0.2, 0.25) is 0 Å². The van der Waals surface area contributed by atoms with Gasteiger partial charge in [-0.2, -0.15) is 0 Å². The summed E-state index contributed by atoms with van der Waals surface area (Å²) >= 11 is 5.69. The van der Waals surface area contributed by atoms with Crippen LogP contribution in [0.2, 0.25) is 5.15 Å². The number of benzene rings is 1. The van der Waals surface area contributed by atoms with Crippen LogP contribution in [0, 0.1) is 6.92 Å². The first-order valence-electron chi connectivity index (χ1n) is 6.92. The van der Waals surface area contributed by atoms with Gasteiger partial charge >= 0.3 is 6.03 Å². The van der Waals surface area contributed by atoms with Crippen LogP contribution in [0.4, 0.5) is 4.79 Å². The average molecular weight is 320 g/mol. The molecular weight excluding hydrogens is 302 g/mol. The fraction of sp³-hybridized carbons (Fsp3) is 0.250. The third kappa shape index (κ3) is 4.72. The molecule has 2 aromatic rings. The second kappa shape index (κ2) is 7.77. The highest BCUT2D eigenvalue weighted by Crippen LogP contribution is 2.16. The zero-order chi connectivity index (χ0) is 15.9. The number of aliphatic hydroxyl groups is 1. The molecule has 0 aliphatic rings. The van der Waals surface area contributed by atoms with E-state index in [1.165, 1.54) is 0 Å². The Morgan fingerprint density at radius 3 is 2.73 bits per heavy atom. The van der Waals surface area contributed by atoms with E-state index >= 15 is 0 Å². The zero-order valence-electron chi connectivity index (χ0n) is 12.2. The molecule has 3 N–H and O–H groups in total. The molecule has 0 radical (unpaired) electrons. The van der Waals surface area contributed by atoms with Crippen LogP contribution < -0.4 is 10.6 Å². The summed E-state index contributed by atoms with van der Waals surface area (Å²) in [4.78, 5) is 15.7. The summed E-state index contributed by atoms with van der Waals surface area (Å²) in [5.74, 6) is 0. The van der Waals surface area contributed by atoms with E-state index < -0.39 is 6.10 Å². The van der Waals surface area contributed by atoms with Crippen LogP contribution in [0.1, 0.15) is 22.8 Å². The number of nitrogens with one attached hydrogen (secondary N) is 2. The van der Waals surface area contributed by atoms with Gasteiger partial charge in [0.15, 0.2) is 0 Å². The molecule has 1 aromatic carbocycles. The Morgan fingerprint density at radius 1 is 1.27 bits per heavy atom. The first-order valence-corrected chi connectivity index (χ1v) is 7.30. The maximum Gasteiger partial charge on any atom is 0.315 e. The highest BCUT2D eigenvalue weighted by atomic mass is 35.5. The predicted molar refractivity (Wildman–Crippen MR) is 85.6 cm³/mol. The SMILES string of the molecule is Cc1ccccc1C(O)CNC(=O)NCc1ccc(Cl)nc1. The summed E-state index contributed by atoms with van der Waals surface area (Å²) in [7, 11) is 0. The molecule has 0 saturated carbocycles. The van der Waals surface area contributed by atoms with Crippen molar-refractivity contribution in [3.63, 3.8) is 0 Å². The number of carbonyl (C=O) groups is 1. The molecule has 0 saturated heterocycles. The van der Waals surface area contributed by atoms with E-state index in [2.05, 4.69) is 15.6 Å². The van der Waals surface area contributed by atoms with Gasteiger partial charge < -0.3 is 15.7 Å². The van der Waals surface area contributed by atoms with Gasteiger partial charge in [0.1, 0.15) is 5.15 Å². The molecule has 1 heterocycles. The van der Waals surface area contributed by atoms with Crippen molar-refractivity contribution in [2.45, 2.75) is 19.6 Å². The number of carbonyl (C=O) groups excluding carboxylic acids is 1. The number of hydrogen-bond donors (Lipinski definition) is 3. The van der Waals surface area contributed by atoms with Crippen LogP contribution in [0.25, 0.3) is 0 Å². The van der Waals surface area contributed by atoms with Crippen LogP contribution >= 0.6 is 11.6 Å². The lowest BCUT2D eigenvalue weighted by Gasteiger charge is -2.15. The molecule has 0 fully saturated rings. The Bertz CT molecular complexity index is 632. The predicted octanol–water partition coefficient (Wildman–Crippen LogP) is 2.58. The number of rotatable bonds is 5. The summed E-state index contributed by atoms with van der Waals surface area (Å²) < 4.78 is 0. The summed E-state index contributed by atoms with van der Waals surface area (Å²) in [6.07, 6.45) is 0.870. The lowest BCUT2D eigenvalue weighted by molar-refractivity contribution is 0.172. The smallest absolute Gasteiger partial charge is 0.315 e. The number of hydrogen-bond acceptors (Lipinski definition) is 3. The topological polar surface area (TPSA) is 74.2 Å². The second-order valence-corrected chi connectivity index (χ2v) is 5.31. The van der Waals surface area contributed by atoms with Gasteiger partial charge in [0.05, 0.1) is 6.10 Å². The molecule has 116 valence electrons. The number of aromatic nitrogens is 1. The molecule has 1 aromatic heterocycles. The maximum atomic E-state index is 11.7. The fourth-order valence-corrected chi connectivity index (χ4v) is 2.13. The molecule has 22 heavy (non-hydrogen) atoms. The summed E-state index contributed by atoms with van der Waals surface area (Å²) in [6.45, 7) is 2.41. The zero-order valence-corrected chi connectivity index (χ0v) is 13.0. The molecule has 2 amide bonds. The first kappa shape index (κ1) is 16.3. The number of nitrogens with zero attached hydrogens (tertiary/aromatic N) is 1. The van der Waals surface area contributed by atoms with Gasteiger partial charge in [-0.15, -0.1) is 0 Å². The van der Waals surface area contributed by atoms with Gasteiger partial charge in [-0.1, -0.05) is 41.9 Å². The van der Waals surface area contributed by atoms with Gasteiger partial charge in [-0.05, 0) is 29.7 Å². The van der Waals surface area contributed by atoms with E-state index in [1.807, 2.05) is 31.2 Å². The Hall–Kier alpha value is -2.11. The van der Waals surface area contributed by atoms with E-state index in [9.17, 15) is 9.90 Å². The molecule has 0 spiro atoms. The lowest BCUT2D eigenvalue weighted by Crippen LogP contribution is -2.37. The molecule has 2 rings (SSSR count). The number of amides is 2. The molecule has 6 heteroatoms. The van der Waals surface area contributed by atoms with E-state index in [1.54, 1.807) is 18.3 Å². The van der Waals surface area contributed by atoms with E-state index in [-0.39, 0.29) is 12.6 Å². The highest BCUT2D eigenvalue weighted by molar-refractivity contribution is 6.29. The van der Waals surface area contributed by atoms with Gasteiger partial charge in [0.25, 0.3) is 0 Å². The maximum absolute atomic E-state index is 11.7. The minimum Gasteiger partial charge on any atom is -0.387 e. The lowest BCUT2D eigenvalue weighted by atomic mass is 10.0. The quantitative estimate of drug-likeness (QED) is 0.742. The van der Waals surface area contributed by atoms with Gasteiger partial charge in [0, 0.05) is 19.3 Å². The number of halogens is 1. The van der Waals surface area contributed by atoms with Crippen LogP contribution in [-0.2, 0) is 6.54 Å². The Balaban J connectivity index is 1.78. The standard InChI is InChI=1S/C16H18ClN3O2/c1-11-4-2-3-5-13(11)14(21)10-20-16(22)19-9-12-6-7-15(17)18-8-12/h2-8,14,21H,9-10H2,1H3,(H2,19,20,22). The highest BCUT2D eigenvalue weighted by Gasteiger charge is 2.11. The van der Waals surface area contributed by atoms with Crippen molar-refractivity contribution >= 4 is 17.6 Å². The van der Waals surface area contributed by atoms with Crippen LogP contribution in [0.5, 0.6) is 0 Å². The van der Waals surface area contributed by atoms with Crippen LogP contribution in [0.15, 0.2) is 42.6 Å². The van der Waals surface area contributed by atoms with Crippen LogP contribution in [-0.4, -0.2) is 22.7 Å². The molecule has 1 atom stereocenters. The van der Waals surface area contributed by atoms with Gasteiger partial charge in [-0.3, -0.25) is 0 Å². The van der Waals surface area contributed by atoms with Crippen LogP contribution in [0.3, 0.4) is 0 Å². The van der Waals surface area contributed by atoms with Crippen molar-refractivity contribution in [2.24, 2.45) is 0 Å². The number of aliphatic hydroxyl groups excluding tert-OH is 1. The molecular formula is C16H18ClN3O2. The number of aryl methyl sites for hydroxylation is 1. The van der Waals surface area contributed by atoms with E-state index in [0.717, 1.165) is 16.7 Å². The summed E-state index contributed by atoms with van der Waals surface area (Å²) in [5.41, 5.74) is 2.65. The largest absolute Gasteiger partial charge is 0.387 e. The average Bonchev–Trinajstić information content (AvgIpc) is 2.52. The summed E-state index contributed by atoms with van der Waals surface area (Å²) in [5, 5.41) is 15.8. The normalized spacial score (nSPS) is 11.8. The first-order chi connectivity index (χ1) is 10.6. The number of pyridine rings is 1. The molecule has 0 bridgehead atoms. The Morgan fingerprint density at radius 2 is 2.05 bits per heavy atom. The Kier molecular flexibility index (Phi) is 5.75. The van der Waals surface area contributed by atoms with Crippen molar-refractivity contribution in [2.75, 3.05) is 6.54 Å². The van der Waals surface area contributed by atoms with Gasteiger partial charge in [-0.25, -0.2) is 9.78 Å². The summed E-state index contributed by atoms with van der Waals surface area (Å²) in [6, 6.07) is 10.6. The van der Waals surface area contributed by atoms with Crippen molar-refractivity contribution in [3.05, 3.63) is 64.4 Å². The van der Waals surface area contributed by atoms with E-state index in [4.69, 9.17) is 11.6 Å². The third-order valence-electron chi connectivity index (χ3n) is 3.25. The third-order valence-corrected chi connectivity index (χ3v) is 3.47. The fourth-order valence-electron chi connectivity index (χ4n) is 2.02. The monoisotopic (exact) mass is 319 g/mol. The molecule has 5 nitrogen and oxygen atoms in total. The molecule has 0 aliphatic heterocycles.